The maximum Gasteiger partial charge on any atom is 0.252 e. The van der Waals surface area contributed by atoms with Gasteiger partial charge in [0.2, 0.25) is 5.91 Å². The van der Waals surface area contributed by atoms with Gasteiger partial charge in [0.15, 0.2) is 0 Å². The molecule has 2 amide bonds. The van der Waals surface area contributed by atoms with E-state index in [1.807, 2.05) is 18.2 Å². The molecule has 8 heteroatoms. The Bertz CT molecular complexity index is 1050. The van der Waals surface area contributed by atoms with Crippen LogP contribution in [-0.4, -0.2) is 45.9 Å². The van der Waals surface area contributed by atoms with Crippen LogP contribution in [0.25, 0.3) is 10.9 Å². The number of hydrogen-bond donors (Lipinski definition) is 1. The molecular formula is C20H17N5O2S. The molecule has 1 atom stereocenters. The van der Waals surface area contributed by atoms with E-state index in [4.69, 9.17) is 5.26 Å². The first-order valence-electron chi connectivity index (χ1n) is 8.93. The zero-order chi connectivity index (χ0) is 19.7. The summed E-state index contributed by atoms with van der Waals surface area (Å²) >= 11 is 1.52. The van der Waals surface area contributed by atoms with Crippen LogP contribution in [0.1, 0.15) is 28.8 Å². The van der Waals surface area contributed by atoms with Crippen molar-refractivity contribution >= 4 is 34.5 Å². The molecule has 1 saturated carbocycles. The number of nitrogens with one attached hydrogen (secondary N) is 1. The molecule has 1 saturated heterocycles. The van der Waals surface area contributed by atoms with Gasteiger partial charge < -0.3 is 10.2 Å². The van der Waals surface area contributed by atoms with Gasteiger partial charge in [-0.05, 0) is 36.6 Å². The van der Waals surface area contributed by atoms with Crippen molar-refractivity contribution in [3.8, 4) is 12.1 Å². The number of carbonyl (C=O) groups is 2. The normalized spacial score (nSPS) is 19.6. The average Bonchev–Trinajstić information content (AvgIpc) is 3.39. The predicted octanol–water partition coefficient (Wildman–Crippen LogP) is 1.94. The Morgan fingerprint density at radius 2 is 2.14 bits per heavy atom. The van der Waals surface area contributed by atoms with Gasteiger partial charge in [-0.1, -0.05) is 6.07 Å². The number of nitrogens with zero attached hydrogens (tertiary/aromatic N) is 4. The molecule has 2 heterocycles. The molecule has 2 fully saturated rings. The van der Waals surface area contributed by atoms with Gasteiger partial charge in [0.1, 0.15) is 6.04 Å². The van der Waals surface area contributed by atoms with Gasteiger partial charge in [-0.25, -0.2) is 0 Å². The van der Waals surface area contributed by atoms with Crippen molar-refractivity contribution < 1.29 is 9.59 Å². The lowest BCUT2D eigenvalue weighted by molar-refractivity contribution is -0.129. The van der Waals surface area contributed by atoms with Crippen LogP contribution in [0.2, 0.25) is 0 Å². The van der Waals surface area contributed by atoms with Gasteiger partial charge in [0, 0.05) is 17.3 Å². The van der Waals surface area contributed by atoms with Gasteiger partial charge in [-0.3, -0.25) is 14.6 Å². The first kappa shape index (κ1) is 18.3. The molecule has 1 aliphatic heterocycles. The van der Waals surface area contributed by atoms with Crippen molar-refractivity contribution in [3.05, 3.63) is 41.6 Å². The molecule has 4 rings (SSSR count). The molecule has 0 spiro atoms. The number of amides is 2. The predicted molar refractivity (Wildman–Crippen MR) is 104 cm³/mol. The molecule has 0 bridgehead atoms. The minimum absolute atomic E-state index is 0.163. The maximum atomic E-state index is 12.7. The van der Waals surface area contributed by atoms with Gasteiger partial charge in [-0.15, -0.1) is 11.8 Å². The highest BCUT2D eigenvalue weighted by Gasteiger charge is 2.45. The van der Waals surface area contributed by atoms with E-state index in [0.717, 1.165) is 18.4 Å². The smallest absolute Gasteiger partial charge is 0.252 e. The van der Waals surface area contributed by atoms with E-state index in [9.17, 15) is 14.9 Å². The fourth-order valence-electron chi connectivity index (χ4n) is 3.38. The molecule has 2 aromatic rings. The number of nitriles is 2. The summed E-state index contributed by atoms with van der Waals surface area (Å²) in [6.45, 7) is -0.163. The average molecular weight is 391 g/mol. The molecule has 7 nitrogen and oxygen atoms in total. The number of thioether (sulfide) groups is 1. The van der Waals surface area contributed by atoms with Crippen molar-refractivity contribution in [2.75, 3.05) is 18.2 Å². The van der Waals surface area contributed by atoms with E-state index in [2.05, 4.69) is 22.4 Å². The van der Waals surface area contributed by atoms with Crippen molar-refractivity contribution in [2.24, 2.45) is 0 Å². The zero-order valence-electron chi connectivity index (χ0n) is 15.0. The van der Waals surface area contributed by atoms with Crippen LogP contribution >= 0.6 is 11.8 Å². The van der Waals surface area contributed by atoms with E-state index in [1.54, 1.807) is 12.3 Å². The second kappa shape index (κ2) is 7.14. The second-order valence-corrected chi connectivity index (χ2v) is 7.98. The number of rotatable bonds is 4. The third-order valence-electron chi connectivity index (χ3n) is 5.25. The topological polar surface area (TPSA) is 110 Å². The van der Waals surface area contributed by atoms with E-state index in [0.29, 0.717) is 28.1 Å². The van der Waals surface area contributed by atoms with Crippen LogP contribution in [0.3, 0.4) is 0 Å². The summed E-state index contributed by atoms with van der Waals surface area (Å²) in [5, 5.41) is 21.9. The highest BCUT2D eigenvalue weighted by molar-refractivity contribution is 7.99. The zero-order valence-corrected chi connectivity index (χ0v) is 15.8. The first-order valence-corrected chi connectivity index (χ1v) is 10.1. The van der Waals surface area contributed by atoms with Crippen molar-refractivity contribution in [1.82, 2.24) is 15.2 Å². The molecule has 1 N–H and O–H groups in total. The lowest BCUT2D eigenvalue weighted by Gasteiger charge is -2.18. The highest BCUT2D eigenvalue weighted by Crippen LogP contribution is 2.48. The van der Waals surface area contributed by atoms with E-state index in [1.165, 1.54) is 16.7 Å². The minimum Gasteiger partial charge on any atom is -0.343 e. The molecule has 0 radical (unpaired) electrons. The Labute approximate surface area is 166 Å². The fourth-order valence-corrected chi connectivity index (χ4v) is 4.48. The van der Waals surface area contributed by atoms with Crippen molar-refractivity contribution in [3.63, 3.8) is 0 Å². The quantitative estimate of drug-likeness (QED) is 0.853. The number of benzene rings is 1. The highest BCUT2D eigenvalue weighted by atomic mass is 32.2. The molecule has 28 heavy (non-hydrogen) atoms. The summed E-state index contributed by atoms with van der Waals surface area (Å²) in [6.07, 6.45) is 3.19. The van der Waals surface area contributed by atoms with Crippen LogP contribution < -0.4 is 5.32 Å². The first-order chi connectivity index (χ1) is 13.6. The number of hydrogen-bond acceptors (Lipinski definition) is 6. The van der Waals surface area contributed by atoms with Crippen molar-refractivity contribution in [2.45, 2.75) is 24.3 Å². The third-order valence-corrected chi connectivity index (χ3v) is 6.27. The summed E-state index contributed by atoms with van der Waals surface area (Å²) in [6, 6.07) is 11.2. The molecule has 0 unspecified atom stereocenters. The summed E-state index contributed by atoms with van der Waals surface area (Å²) in [5.74, 6) is 0.407. The molecule has 140 valence electrons. The van der Waals surface area contributed by atoms with Crippen LogP contribution in [0.15, 0.2) is 30.5 Å². The summed E-state index contributed by atoms with van der Waals surface area (Å²) in [5.41, 5.74) is 1.53. The van der Waals surface area contributed by atoms with Crippen LogP contribution in [0.4, 0.5) is 0 Å². The molecule has 1 aliphatic carbocycles. The summed E-state index contributed by atoms with van der Waals surface area (Å²) in [4.78, 5) is 30.9. The molecule has 1 aromatic carbocycles. The van der Waals surface area contributed by atoms with Gasteiger partial charge in [-0.2, -0.15) is 10.5 Å². The van der Waals surface area contributed by atoms with E-state index >= 15 is 0 Å². The molecular weight excluding hydrogens is 374 g/mol. The standard InChI is InChI=1S/C20H17N5O2S/c21-8-14-10-28-12-25(14)18(26)9-24-19(27)15-3-6-23-17-2-1-13(7-16(15)17)20(11-22)4-5-20/h1-3,6-7,14H,4-5,9-10,12H2,(H,24,27)/t14-/m1/s1. The number of pyridine rings is 1. The lowest BCUT2D eigenvalue weighted by atomic mass is 9.94. The monoisotopic (exact) mass is 391 g/mol. The third kappa shape index (κ3) is 3.17. The van der Waals surface area contributed by atoms with Crippen LogP contribution in [-0.2, 0) is 10.2 Å². The summed E-state index contributed by atoms with van der Waals surface area (Å²) < 4.78 is 0. The Hall–Kier alpha value is -3.10. The Balaban J connectivity index is 1.54. The van der Waals surface area contributed by atoms with Crippen LogP contribution in [0.5, 0.6) is 0 Å². The summed E-state index contributed by atoms with van der Waals surface area (Å²) in [7, 11) is 0. The fraction of sp³-hybridized carbons (Fsp3) is 0.350. The van der Waals surface area contributed by atoms with Gasteiger partial charge in [0.25, 0.3) is 5.91 Å². The lowest BCUT2D eigenvalue weighted by Crippen LogP contribution is -2.42. The number of fused-ring (bicyclic) bond motifs is 1. The number of aromatic nitrogens is 1. The number of carbonyl (C=O) groups excluding carboxylic acids is 2. The molecule has 1 aromatic heterocycles. The Morgan fingerprint density at radius 1 is 1.32 bits per heavy atom. The Morgan fingerprint density at radius 3 is 2.86 bits per heavy atom. The molecule has 2 aliphatic rings. The maximum absolute atomic E-state index is 12.7. The second-order valence-electron chi connectivity index (χ2n) is 6.98. The SMILES string of the molecule is N#C[C@@H]1CSCN1C(=O)CNC(=O)c1ccnc2ccc(C3(C#N)CC3)cc12. The largest absolute Gasteiger partial charge is 0.343 e. The van der Waals surface area contributed by atoms with Crippen molar-refractivity contribution in [1.29, 1.82) is 10.5 Å². The van der Waals surface area contributed by atoms with Gasteiger partial charge in [0.05, 0.1) is 41.1 Å². The Kier molecular flexibility index (Phi) is 4.66. The van der Waals surface area contributed by atoms with Gasteiger partial charge >= 0.3 is 0 Å². The minimum atomic E-state index is -0.451. The van der Waals surface area contributed by atoms with E-state index < -0.39 is 11.5 Å². The van der Waals surface area contributed by atoms with E-state index in [-0.39, 0.29) is 18.4 Å². The van der Waals surface area contributed by atoms with Crippen LogP contribution in [0, 0.1) is 22.7 Å².